The van der Waals surface area contributed by atoms with E-state index in [1.165, 1.54) is 7.11 Å². The minimum absolute atomic E-state index is 0.0467. The molecule has 31 heavy (non-hydrogen) atoms. The van der Waals surface area contributed by atoms with Crippen molar-refractivity contribution in [1.29, 1.82) is 0 Å². The molecule has 0 aliphatic carbocycles. The summed E-state index contributed by atoms with van der Waals surface area (Å²) in [5, 5.41) is 0. The van der Waals surface area contributed by atoms with Crippen LogP contribution in [-0.4, -0.2) is 29.2 Å². The van der Waals surface area contributed by atoms with Crippen LogP contribution in [0.2, 0.25) is 0 Å². The molecule has 1 aliphatic heterocycles. The second-order valence-electron chi connectivity index (χ2n) is 7.41. The van der Waals surface area contributed by atoms with E-state index in [1.807, 2.05) is 42.0 Å². The highest BCUT2D eigenvalue weighted by molar-refractivity contribution is 5.72. The fourth-order valence-electron chi connectivity index (χ4n) is 3.78. The van der Waals surface area contributed by atoms with Gasteiger partial charge in [-0.25, -0.2) is 13.8 Å². The number of aromatic nitrogens is 2. The predicted molar refractivity (Wildman–Crippen MR) is 108 cm³/mol. The molecule has 0 saturated carbocycles. The number of imidazole rings is 1. The molecule has 1 saturated heterocycles. The van der Waals surface area contributed by atoms with Crippen LogP contribution in [-0.2, 0) is 26.5 Å². The van der Waals surface area contributed by atoms with Crippen molar-refractivity contribution in [2.75, 3.05) is 13.7 Å². The van der Waals surface area contributed by atoms with Crippen LogP contribution in [0.25, 0.3) is 5.69 Å². The number of halogens is 2. The number of rotatable bonds is 6. The third-order valence-electron chi connectivity index (χ3n) is 5.52. The summed E-state index contributed by atoms with van der Waals surface area (Å²) in [6, 6.07) is 9.53. The zero-order valence-corrected chi connectivity index (χ0v) is 17.2. The average molecular weight is 428 g/mol. The maximum absolute atomic E-state index is 15.3. The number of nitrogens with zero attached hydrogens (tertiary/aromatic N) is 2. The number of methoxy groups -OCH3 is 1. The van der Waals surface area contributed by atoms with Crippen molar-refractivity contribution in [3.63, 3.8) is 0 Å². The van der Waals surface area contributed by atoms with E-state index in [9.17, 15) is 9.18 Å². The van der Waals surface area contributed by atoms with Crippen molar-refractivity contribution >= 4 is 5.97 Å². The van der Waals surface area contributed by atoms with Crippen LogP contribution in [0.3, 0.4) is 0 Å². The minimum Gasteiger partial charge on any atom is -0.486 e. The summed E-state index contributed by atoms with van der Waals surface area (Å²) in [6.07, 6.45) is 3.61. The summed E-state index contributed by atoms with van der Waals surface area (Å²) in [7, 11) is 1.37. The molecule has 8 heteroatoms. The first-order valence-electron chi connectivity index (χ1n) is 9.84. The molecule has 0 N–H and O–H groups in total. The molecule has 162 valence electrons. The maximum Gasteiger partial charge on any atom is 0.309 e. The standard InChI is InChI=1S/C23H22F2N2O4/c1-15-26-8-9-27(15)18-5-3-16(4-6-18)14-31-20-12-17(24)11-19(22(20)25)23(29-2)7-10-30-21(28)13-23/h3-6,8-9,11-12H,7,10,13-14H2,1-2H3. The highest BCUT2D eigenvalue weighted by Gasteiger charge is 2.42. The van der Waals surface area contributed by atoms with Crippen LogP contribution in [0.4, 0.5) is 8.78 Å². The monoisotopic (exact) mass is 428 g/mol. The lowest BCUT2D eigenvalue weighted by Gasteiger charge is -2.35. The molecular weight excluding hydrogens is 406 g/mol. The van der Waals surface area contributed by atoms with Crippen LogP contribution >= 0.6 is 0 Å². The number of esters is 1. The summed E-state index contributed by atoms with van der Waals surface area (Å²) in [6.45, 7) is 2.02. The highest BCUT2D eigenvalue weighted by atomic mass is 19.1. The topological polar surface area (TPSA) is 62.6 Å². The van der Waals surface area contributed by atoms with Gasteiger partial charge in [0.05, 0.1) is 13.0 Å². The second kappa shape index (κ2) is 8.47. The number of cyclic esters (lactones) is 1. The Morgan fingerprint density at radius 2 is 2.00 bits per heavy atom. The number of carbonyl (C=O) groups is 1. The molecule has 6 nitrogen and oxygen atoms in total. The summed E-state index contributed by atoms with van der Waals surface area (Å²) < 4.78 is 47.5. The van der Waals surface area contributed by atoms with E-state index in [-0.39, 0.29) is 37.4 Å². The van der Waals surface area contributed by atoms with E-state index in [2.05, 4.69) is 4.98 Å². The molecule has 1 aromatic heterocycles. The van der Waals surface area contributed by atoms with Crippen LogP contribution in [0.5, 0.6) is 5.75 Å². The van der Waals surface area contributed by atoms with Crippen molar-refractivity contribution in [2.24, 2.45) is 0 Å². The van der Waals surface area contributed by atoms with E-state index in [0.717, 1.165) is 29.2 Å². The van der Waals surface area contributed by atoms with Gasteiger partial charge in [-0.15, -0.1) is 0 Å². The molecule has 0 radical (unpaired) electrons. The quantitative estimate of drug-likeness (QED) is 0.551. The number of ether oxygens (including phenoxy) is 3. The maximum atomic E-state index is 15.3. The Morgan fingerprint density at radius 1 is 1.23 bits per heavy atom. The SMILES string of the molecule is COC1(c2cc(F)cc(OCc3ccc(-n4ccnc4C)cc3)c2F)CCOC(=O)C1. The predicted octanol–water partition coefficient (Wildman–Crippen LogP) is 4.22. The molecule has 3 aromatic rings. The first kappa shape index (κ1) is 21.0. The zero-order valence-electron chi connectivity index (χ0n) is 17.2. The number of carbonyl (C=O) groups excluding carboxylic acids is 1. The largest absolute Gasteiger partial charge is 0.486 e. The Morgan fingerprint density at radius 3 is 2.65 bits per heavy atom. The first-order valence-corrected chi connectivity index (χ1v) is 9.84. The van der Waals surface area contributed by atoms with Crippen LogP contribution < -0.4 is 4.74 Å². The van der Waals surface area contributed by atoms with Crippen molar-refractivity contribution in [3.05, 3.63) is 77.4 Å². The van der Waals surface area contributed by atoms with E-state index in [1.54, 1.807) is 6.20 Å². The van der Waals surface area contributed by atoms with Gasteiger partial charge in [0.1, 0.15) is 23.8 Å². The second-order valence-corrected chi connectivity index (χ2v) is 7.41. The Bertz CT molecular complexity index is 1100. The van der Waals surface area contributed by atoms with Crippen molar-refractivity contribution < 1.29 is 27.8 Å². The number of hydrogen-bond acceptors (Lipinski definition) is 5. The van der Waals surface area contributed by atoms with Gasteiger partial charge in [-0.2, -0.15) is 0 Å². The molecule has 1 aliphatic rings. The molecule has 1 unspecified atom stereocenters. The average Bonchev–Trinajstić information content (AvgIpc) is 3.20. The summed E-state index contributed by atoms with van der Waals surface area (Å²) in [5.74, 6) is -1.32. The van der Waals surface area contributed by atoms with Gasteiger partial charge in [-0.1, -0.05) is 12.1 Å². The van der Waals surface area contributed by atoms with E-state index >= 15 is 4.39 Å². The Labute approximate surface area is 178 Å². The third kappa shape index (κ3) is 4.16. The smallest absolute Gasteiger partial charge is 0.309 e. The summed E-state index contributed by atoms with van der Waals surface area (Å²) >= 11 is 0. The van der Waals surface area contributed by atoms with Crippen molar-refractivity contribution in [1.82, 2.24) is 9.55 Å². The Kier molecular flexibility index (Phi) is 5.73. The van der Waals surface area contributed by atoms with E-state index < -0.39 is 23.2 Å². The van der Waals surface area contributed by atoms with Crippen LogP contribution in [0.15, 0.2) is 48.8 Å². The molecule has 0 bridgehead atoms. The molecule has 0 amide bonds. The van der Waals surface area contributed by atoms with Gasteiger partial charge in [0, 0.05) is 43.2 Å². The van der Waals surface area contributed by atoms with Crippen molar-refractivity contribution in [3.8, 4) is 11.4 Å². The zero-order chi connectivity index (χ0) is 22.0. The van der Waals surface area contributed by atoms with Crippen LogP contribution in [0, 0.1) is 18.6 Å². The molecule has 2 aromatic carbocycles. The fourth-order valence-corrected chi connectivity index (χ4v) is 3.78. The normalized spacial score (nSPS) is 18.6. The van der Waals surface area contributed by atoms with Gasteiger partial charge in [-0.3, -0.25) is 4.79 Å². The summed E-state index contributed by atoms with van der Waals surface area (Å²) in [4.78, 5) is 16.0. The first-order chi connectivity index (χ1) is 14.9. The summed E-state index contributed by atoms with van der Waals surface area (Å²) in [5.41, 5.74) is 0.385. The lowest BCUT2D eigenvalue weighted by atomic mass is 9.85. The van der Waals surface area contributed by atoms with Gasteiger partial charge >= 0.3 is 5.97 Å². The molecular formula is C23H22F2N2O4. The fraction of sp³-hybridized carbons (Fsp3) is 0.304. The molecule has 1 fully saturated rings. The van der Waals surface area contributed by atoms with Crippen molar-refractivity contribution in [2.45, 2.75) is 32.0 Å². The van der Waals surface area contributed by atoms with Gasteiger partial charge in [0.25, 0.3) is 0 Å². The Hall–Kier alpha value is -3.26. The lowest BCUT2D eigenvalue weighted by molar-refractivity contribution is -0.164. The number of hydrogen-bond donors (Lipinski definition) is 0. The molecule has 4 rings (SSSR count). The van der Waals surface area contributed by atoms with E-state index in [4.69, 9.17) is 14.2 Å². The van der Waals surface area contributed by atoms with Gasteiger partial charge < -0.3 is 18.8 Å². The number of aryl methyl sites for hydroxylation is 1. The van der Waals surface area contributed by atoms with Gasteiger partial charge in [0.2, 0.25) is 0 Å². The molecule has 2 heterocycles. The van der Waals surface area contributed by atoms with Gasteiger partial charge in [-0.05, 0) is 30.7 Å². The number of benzene rings is 2. The third-order valence-corrected chi connectivity index (χ3v) is 5.52. The van der Waals surface area contributed by atoms with Crippen LogP contribution in [0.1, 0.15) is 29.8 Å². The molecule has 1 atom stereocenters. The van der Waals surface area contributed by atoms with E-state index in [0.29, 0.717) is 0 Å². The lowest BCUT2D eigenvalue weighted by Crippen LogP contribution is -2.39. The Balaban J connectivity index is 1.55. The van der Waals surface area contributed by atoms with Gasteiger partial charge in [0.15, 0.2) is 11.6 Å². The highest BCUT2D eigenvalue weighted by Crippen LogP contribution is 2.40. The molecule has 0 spiro atoms. The minimum atomic E-state index is -1.29.